The van der Waals surface area contributed by atoms with Crippen molar-refractivity contribution in [2.45, 2.75) is 24.9 Å². The number of benzene rings is 1. The van der Waals surface area contributed by atoms with Gasteiger partial charge in [-0.3, -0.25) is 4.98 Å². The lowest BCUT2D eigenvalue weighted by Gasteiger charge is -2.09. The predicted octanol–water partition coefficient (Wildman–Crippen LogP) is 4.35. The molecule has 0 amide bonds. The van der Waals surface area contributed by atoms with Crippen molar-refractivity contribution in [1.29, 1.82) is 0 Å². The van der Waals surface area contributed by atoms with E-state index in [2.05, 4.69) is 9.97 Å². The van der Waals surface area contributed by atoms with Crippen LogP contribution in [-0.4, -0.2) is 36.7 Å². The van der Waals surface area contributed by atoms with Gasteiger partial charge in [0.15, 0.2) is 9.84 Å². The van der Waals surface area contributed by atoms with Gasteiger partial charge in [0.1, 0.15) is 10.7 Å². The third kappa shape index (κ3) is 4.25. The smallest absolute Gasteiger partial charge is 0.416 e. The number of carbonyl (C=O) groups is 1. The summed E-state index contributed by atoms with van der Waals surface area (Å²) in [5, 5.41) is 0.141. The maximum absolute atomic E-state index is 12.9. The van der Waals surface area contributed by atoms with E-state index in [0.29, 0.717) is 4.70 Å². The van der Waals surface area contributed by atoms with Crippen LogP contribution in [0.25, 0.3) is 20.9 Å². The highest BCUT2D eigenvalue weighted by molar-refractivity contribution is 7.91. The molecule has 0 unspecified atom stereocenters. The number of esters is 1. The number of aromatic nitrogens is 2. The fourth-order valence-corrected chi connectivity index (χ4v) is 4.61. The van der Waals surface area contributed by atoms with Crippen molar-refractivity contribution in [2.75, 3.05) is 12.4 Å². The molecule has 3 rings (SSSR count). The standard InChI is InChI=1S/C18H15F3N2O4S2/c1-3-27-17(24)10-7-14(29(25,26)4-2)15(22-9-10)16-23-12-8-11(18(19,20)21)5-6-13(12)28-16/h5-9H,3-4H2,1-2H3. The molecule has 2 aromatic heterocycles. The lowest BCUT2D eigenvalue weighted by molar-refractivity contribution is -0.137. The van der Waals surface area contributed by atoms with Gasteiger partial charge in [-0.2, -0.15) is 13.2 Å². The number of hydrogen-bond acceptors (Lipinski definition) is 7. The number of ether oxygens (including phenoxy) is 1. The van der Waals surface area contributed by atoms with E-state index in [1.807, 2.05) is 0 Å². The molecule has 3 aromatic rings. The van der Waals surface area contributed by atoms with Crippen molar-refractivity contribution in [3.8, 4) is 10.7 Å². The van der Waals surface area contributed by atoms with Crippen LogP contribution in [0.5, 0.6) is 0 Å². The summed E-state index contributed by atoms with van der Waals surface area (Å²) in [6.07, 6.45) is -3.36. The molecule has 11 heteroatoms. The second-order valence-electron chi connectivity index (χ2n) is 5.89. The number of halogens is 3. The molecule has 0 aliphatic carbocycles. The first kappa shape index (κ1) is 21.2. The normalized spacial score (nSPS) is 12.3. The molecule has 0 radical (unpaired) electrons. The monoisotopic (exact) mass is 444 g/mol. The van der Waals surface area contributed by atoms with Crippen molar-refractivity contribution >= 4 is 37.4 Å². The highest BCUT2D eigenvalue weighted by atomic mass is 32.2. The molecule has 0 N–H and O–H groups in total. The number of alkyl halides is 3. The minimum Gasteiger partial charge on any atom is -0.462 e. The first-order chi connectivity index (χ1) is 13.6. The molecule has 0 atom stereocenters. The van der Waals surface area contributed by atoms with Gasteiger partial charge < -0.3 is 4.74 Å². The average Bonchev–Trinajstić information content (AvgIpc) is 3.10. The first-order valence-corrected chi connectivity index (χ1v) is 10.9. The van der Waals surface area contributed by atoms with Gasteiger partial charge in [-0.05, 0) is 31.2 Å². The molecule has 0 aliphatic rings. The van der Waals surface area contributed by atoms with Crippen LogP contribution in [0.2, 0.25) is 0 Å². The lowest BCUT2D eigenvalue weighted by Crippen LogP contribution is -2.11. The van der Waals surface area contributed by atoms with Gasteiger partial charge in [-0.25, -0.2) is 18.2 Å². The molecule has 0 fully saturated rings. The Labute approximate surface area is 168 Å². The zero-order valence-corrected chi connectivity index (χ0v) is 16.9. The van der Waals surface area contributed by atoms with E-state index in [0.717, 1.165) is 35.7 Å². The van der Waals surface area contributed by atoms with Gasteiger partial charge in [-0.1, -0.05) is 6.92 Å². The highest BCUT2D eigenvalue weighted by Gasteiger charge is 2.31. The van der Waals surface area contributed by atoms with Crippen LogP contribution in [0, 0.1) is 0 Å². The molecule has 0 spiro atoms. The Morgan fingerprint density at radius 3 is 2.55 bits per heavy atom. The molecular formula is C18H15F3N2O4S2. The van der Waals surface area contributed by atoms with Gasteiger partial charge in [0, 0.05) is 6.20 Å². The summed E-state index contributed by atoms with van der Waals surface area (Å²) >= 11 is 1.01. The number of hydrogen-bond donors (Lipinski definition) is 0. The van der Waals surface area contributed by atoms with Crippen molar-refractivity contribution in [3.63, 3.8) is 0 Å². The van der Waals surface area contributed by atoms with Gasteiger partial charge in [-0.15, -0.1) is 11.3 Å². The molecule has 0 aliphatic heterocycles. The summed E-state index contributed by atoms with van der Waals surface area (Å²) in [7, 11) is -3.80. The summed E-state index contributed by atoms with van der Waals surface area (Å²) < 4.78 is 69.3. The summed E-state index contributed by atoms with van der Waals surface area (Å²) in [5.41, 5.74) is -0.831. The number of thiazole rings is 1. The number of carbonyl (C=O) groups excluding carboxylic acids is 1. The van der Waals surface area contributed by atoms with Crippen LogP contribution < -0.4 is 0 Å². The van der Waals surface area contributed by atoms with Crippen LogP contribution in [0.3, 0.4) is 0 Å². The number of pyridine rings is 1. The van der Waals surface area contributed by atoms with Crippen LogP contribution in [0.15, 0.2) is 35.4 Å². The minimum absolute atomic E-state index is 0.0188. The van der Waals surface area contributed by atoms with Crippen LogP contribution in [0.4, 0.5) is 13.2 Å². The molecule has 1 aromatic carbocycles. The van der Waals surface area contributed by atoms with E-state index in [1.165, 1.54) is 13.0 Å². The molecule has 29 heavy (non-hydrogen) atoms. The summed E-state index contributed by atoms with van der Waals surface area (Å²) in [4.78, 5) is 20.0. The summed E-state index contributed by atoms with van der Waals surface area (Å²) in [6.45, 7) is 3.15. The zero-order chi connectivity index (χ0) is 21.4. The SMILES string of the molecule is CCOC(=O)c1cnc(-c2nc3cc(C(F)(F)F)ccc3s2)c(S(=O)(=O)CC)c1. The molecular weight excluding hydrogens is 429 g/mol. The second kappa shape index (κ2) is 7.71. The van der Waals surface area contributed by atoms with E-state index in [1.54, 1.807) is 6.92 Å². The quantitative estimate of drug-likeness (QED) is 0.544. The van der Waals surface area contributed by atoms with Gasteiger partial charge in [0.2, 0.25) is 0 Å². The number of sulfone groups is 1. The Morgan fingerprint density at radius 2 is 1.93 bits per heavy atom. The van der Waals surface area contributed by atoms with E-state index in [-0.39, 0.29) is 39.0 Å². The fraction of sp³-hybridized carbons (Fsp3) is 0.278. The van der Waals surface area contributed by atoms with E-state index >= 15 is 0 Å². The van der Waals surface area contributed by atoms with E-state index in [9.17, 15) is 26.4 Å². The van der Waals surface area contributed by atoms with Gasteiger partial charge >= 0.3 is 12.1 Å². The molecule has 6 nitrogen and oxygen atoms in total. The Hall–Kier alpha value is -2.53. The molecule has 2 heterocycles. The Kier molecular flexibility index (Phi) is 5.63. The van der Waals surface area contributed by atoms with Crippen LogP contribution in [0.1, 0.15) is 29.8 Å². The summed E-state index contributed by atoms with van der Waals surface area (Å²) in [5.74, 6) is -0.977. The van der Waals surface area contributed by atoms with Crippen molar-refractivity contribution in [2.24, 2.45) is 0 Å². The number of fused-ring (bicyclic) bond motifs is 1. The highest BCUT2D eigenvalue weighted by Crippen LogP contribution is 2.36. The first-order valence-electron chi connectivity index (χ1n) is 8.45. The van der Waals surface area contributed by atoms with Crippen LogP contribution >= 0.6 is 11.3 Å². The largest absolute Gasteiger partial charge is 0.462 e. The Bertz CT molecular complexity index is 1190. The minimum atomic E-state index is -4.52. The van der Waals surface area contributed by atoms with E-state index in [4.69, 9.17) is 4.74 Å². The fourth-order valence-electron chi connectivity index (χ4n) is 2.53. The topological polar surface area (TPSA) is 86.2 Å². The predicted molar refractivity (Wildman–Crippen MR) is 102 cm³/mol. The Balaban J connectivity index is 2.18. The van der Waals surface area contributed by atoms with Crippen molar-refractivity contribution in [1.82, 2.24) is 9.97 Å². The summed E-state index contributed by atoms with van der Waals surface area (Å²) in [6, 6.07) is 4.27. The lowest BCUT2D eigenvalue weighted by atomic mass is 10.2. The van der Waals surface area contributed by atoms with Crippen molar-refractivity contribution < 1.29 is 31.1 Å². The third-order valence-corrected chi connectivity index (χ3v) is 6.78. The van der Waals surface area contributed by atoms with Gasteiger partial charge in [0.05, 0.1) is 38.6 Å². The molecule has 0 saturated carbocycles. The second-order valence-corrected chi connectivity index (χ2v) is 9.17. The average molecular weight is 444 g/mol. The molecule has 154 valence electrons. The maximum atomic E-state index is 12.9. The van der Waals surface area contributed by atoms with Crippen LogP contribution in [-0.2, 0) is 20.8 Å². The Morgan fingerprint density at radius 1 is 1.21 bits per heavy atom. The number of nitrogens with zero attached hydrogens (tertiary/aromatic N) is 2. The molecule has 0 bridgehead atoms. The van der Waals surface area contributed by atoms with Gasteiger partial charge in [0.25, 0.3) is 0 Å². The van der Waals surface area contributed by atoms with E-state index < -0.39 is 27.5 Å². The third-order valence-electron chi connectivity index (χ3n) is 4.00. The zero-order valence-electron chi connectivity index (χ0n) is 15.3. The maximum Gasteiger partial charge on any atom is 0.416 e. The number of rotatable bonds is 5. The van der Waals surface area contributed by atoms with Crippen molar-refractivity contribution in [3.05, 3.63) is 41.6 Å². The molecule has 0 saturated heterocycles.